The van der Waals surface area contributed by atoms with Crippen LogP contribution in [0.15, 0.2) is 48.5 Å². The fourth-order valence-corrected chi connectivity index (χ4v) is 5.49. The third kappa shape index (κ3) is 6.25. The van der Waals surface area contributed by atoms with E-state index in [0.717, 1.165) is 24.1 Å². The Balaban J connectivity index is 1.30. The summed E-state index contributed by atoms with van der Waals surface area (Å²) in [5.41, 5.74) is 2.50. The lowest BCUT2D eigenvalue weighted by Gasteiger charge is -2.35. The summed E-state index contributed by atoms with van der Waals surface area (Å²) in [5.74, 6) is -0.0738. The number of benzene rings is 2. The highest BCUT2D eigenvalue weighted by molar-refractivity contribution is 6.01. The molecule has 2 aromatic rings. The number of fused-ring (bicyclic) bond motifs is 1. The van der Waals surface area contributed by atoms with Crippen molar-refractivity contribution < 1.29 is 23.9 Å². The zero-order valence-corrected chi connectivity index (χ0v) is 22.7. The molecule has 3 amide bonds. The van der Waals surface area contributed by atoms with Crippen molar-refractivity contribution in [1.82, 2.24) is 10.6 Å². The number of hydrogen-bond acceptors (Lipinski definition) is 6. The topological polar surface area (TPSA) is 100 Å². The van der Waals surface area contributed by atoms with E-state index in [9.17, 15) is 14.4 Å². The number of carbonyl (C=O) groups excluding carboxylic acids is 3. The number of nitrogens with zero attached hydrogens (tertiary/aromatic N) is 2. The molecule has 208 valence electrons. The number of ether oxygens (including phenoxy) is 2. The van der Waals surface area contributed by atoms with Crippen molar-refractivity contribution >= 4 is 29.1 Å². The van der Waals surface area contributed by atoms with Gasteiger partial charge in [0.2, 0.25) is 11.8 Å². The van der Waals surface area contributed by atoms with E-state index in [2.05, 4.69) is 10.6 Å². The van der Waals surface area contributed by atoms with Gasteiger partial charge in [-0.3, -0.25) is 14.4 Å². The summed E-state index contributed by atoms with van der Waals surface area (Å²) in [5, 5.41) is 6.45. The summed E-state index contributed by atoms with van der Waals surface area (Å²) < 4.78 is 10.9. The largest absolute Gasteiger partial charge is 0.482 e. The van der Waals surface area contributed by atoms with E-state index in [1.54, 1.807) is 12.0 Å². The first-order valence-electron chi connectivity index (χ1n) is 13.9. The minimum absolute atomic E-state index is 0.00465. The van der Waals surface area contributed by atoms with Crippen LogP contribution in [0.25, 0.3) is 0 Å². The SMILES string of the molecule is COCCCN1C(=O)COc2ccc(N(C(=O)[C@H]3CNC[C@@H](C(=O)N[C@H](C)c4ccccc4)C3)C3CC3)cc21. The molecule has 0 radical (unpaired) electrons. The van der Waals surface area contributed by atoms with Gasteiger partial charge in [-0.15, -0.1) is 0 Å². The molecule has 39 heavy (non-hydrogen) atoms. The van der Waals surface area contributed by atoms with E-state index in [-0.39, 0.29) is 48.2 Å². The Hall–Kier alpha value is -3.43. The first kappa shape index (κ1) is 27.1. The summed E-state index contributed by atoms with van der Waals surface area (Å²) >= 11 is 0. The van der Waals surface area contributed by atoms with Crippen molar-refractivity contribution in [1.29, 1.82) is 0 Å². The highest BCUT2D eigenvalue weighted by Crippen LogP contribution is 2.40. The lowest BCUT2D eigenvalue weighted by atomic mass is 9.88. The van der Waals surface area contributed by atoms with Gasteiger partial charge in [0.05, 0.1) is 23.6 Å². The lowest BCUT2D eigenvalue weighted by molar-refractivity contribution is -0.129. The molecule has 3 aliphatic rings. The Morgan fingerprint density at radius 2 is 1.92 bits per heavy atom. The summed E-state index contributed by atoms with van der Waals surface area (Å²) in [6.45, 7) is 4.15. The van der Waals surface area contributed by atoms with Gasteiger partial charge in [-0.25, -0.2) is 0 Å². The second kappa shape index (κ2) is 12.2. The Morgan fingerprint density at radius 1 is 1.15 bits per heavy atom. The van der Waals surface area contributed by atoms with E-state index >= 15 is 0 Å². The molecule has 2 N–H and O–H groups in total. The minimum Gasteiger partial charge on any atom is -0.482 e. The standard InChI is InChI=1S/C30H38N4O5/c1-20(21-7-4-3-5-8-21)32-29(36)22-15-23(18-31-17-22)30(37)34(24-9-10-24)25-11-12-27-26(16-25)33(13-6-14-38-2)28(35)19-39-27/h3-5,7-8,11-12,16,20,22-24,31H,6,9-10,13-15,17-19H2,1-2H3,(H,32,36)/t20-,22+,23-/m1/s1. The number of hydrogen-bond donors (Lipinski definition) is 2. The molecule has 1 saturated carbocycles. The first-order chi connectivity index (χ1) is 19.0. The molecule has 0 unspecified atom stereocenters. The van der Waals surface area contributed by atoms with Gasteiger partial charge in [-0.2, -0.15) is 0 Å². The maximum absolute atomic E-state index is 13.9. The third-order valence-corrected chi connectivity index (χ3v) is 7.77. The molecule has 1 saturated heterocycles. The quantitative estimate of drug-likeness (QED) is 0.455. The number of methoxy groups -OCH3 is 1. The van der Waals surface area contributed by atoms with Gasteiger partial charge in [0.15, 0.2) is 6.61 Å². The number of nitrogens with one attached hydrogen (secondary N) is 2. The van der Waals surface area contributed by atoms with Crippen molar-refractivity contribution in [2.24, 2.45) is 11.8 Å². The summed E-state index contributed by atoms with van der Waals surface area (Å²) in [4.78, 5) is 43.3. The van der Waals surface area contributed by atoms with Crippen LogP contribution in [0.2, 0.25) is 0 Å². The first-order valence-corrected chi connectivity index (χ1v) is 13.9. The van der Waals surface area contributed by atoms with Crippen molar-refractivity contribution in [3.8, 4) is 5.75 Å². The van der Waals surface area contributed by atoms with E-state index in [4.69, 9.17) is 9.47 Å². The van der Waals surface area contributed by atoms with E-state index in [0.29, 0.717) is 50.5 Å². The van der Waals surface area contributed by atoms with Crippen molar-refractivity contribution in [3.63, 3.8) is 0 Å². The smallest absolute Gasteiger partial charge is 0.265 e. The van der Waals surface area contributed by atoms with Crippen LogP contribution in [-0.2, 0) is 19.1 Å². The van der Waals surface area contributed by atoms with Crippen LogP contribution in [-0.4, -0.2) is 63.7 Å². The van der Waals surface area contributed by atoms with Crippen LogP contribution in [0, 0.1) is 11.8 Å². The Kier molecular flexibility index (Phi) is 8.47. The highest BCUT2D eigenvalue weighted by Gasteiger charge is 2.40. The normalized spacial score (nSPS) is 21.5. The van der Waals surface area contributed by atoms with Crippen molar-refractivity contribution in [2.45, 2.75) is 44.7 Å². The molecule has 9 nitrogen and oxygen atoms in total. The summed E-state index contributed by atoms with van der Waals surface area (Å²) in [6, 6.07) is 15.6. The monoisotopic (exact) mass is 534 g/mol. The van der Waals surface area contributed by atoms with Gasteiger partial charge < -0.3 is 29.9 Å². The van der Waals surface area contributed by atoms with Gasteiger partial charge in [-0.05, 0) is 56.4 Å². The van der Waals surface area contributed by atoms with Crippen LogP contribution in [0.1, 0.15) is 44.2 Å². The molecule has 0 spiro atoms. The molecular formula is C30H38N4O5. The number of rotatable bonds is 10. The van der Waals surface area contributed by atoms with Crippen LogP contribution < -0.4 is 25.2 Å². The molecular weight excluding hydrogens is 496 g/mol. The molecule has 2 heterocycles. The number of piperidine rings is 1. The number of carbonyl (C=O) groups is 3. The predicted octanol–water partition coefficient (Wildman–Crippen LogP) is 3.05. The lowest BCUT2D eigenvalue weighted by Crippen LogP contribution is -2.50. The molecule has 0 aromatic heterocycles. The van der Waals surface area contributed by atoms with Crippen LogP contribution in [0.5, 0.6) is 5.75 Å². The number of anilines is 2. The Bertz CT molecular complexity index is 1190. The van der Waals surface area contributed by atoms with Crippen molar-refractivity contribution in [2.75, 3.05) is 49.8 Å². The fraction of sp³-hybridized carbons (Fsp3) is 0.500. The second-order valence-corrected chi connectivity index (χ2v) is 10.7. The van der Waals surface area contributed by atoms with E-state index < -0.39 is 0 Å². The van der Waals surface area contributed by atoms with Gasteiger partial charge in [0, 0.05) is 45.1 Å². The Labute approximate surface area is 229 Å². The van der Waals surface area contributed by atoms with Gasteiger partial charge >= 0.3 is 0 Å². The zero-order chi connectivity index (χ0) is 27.4. The Morgan fingerprint density at radius 3 is 2.67 bits per heavy atom. The van der Waals surface area contributed by atoms with Gasteiger partial charge in [-0.1, -0.05) is 30.3 Å². The van der Waals surface area contributed by atoms with Crippen LogP contribution >= 0.6 is 0 Å². The van der Waals surface area contributed by atoms with E-state index in [1.165, 1.54) is 0 Å². The second-order valence-electron chi connectivity index (χ2n) is 10.7. The summed E-state index contributed by atoms with van der Waals surface area (Å²) in [7, 11) is 1.64. The van der Waals surface area contributed by atoms with Crippen molar-refractivity contribution in [3.05, 3.63) is 54.1 Å². The third-order valence-electron chi connectivity index (χ3n) is 7.77. The zero-order valence-electron chi connectivity index (χ0n) is 22.7. The predicted molar refractivity (Wildman–Crippen MR) is 149 cm³/mol. The van der Waals surface area contributed by atoms with Gasteiger partial charge in [0.25, 0.3) is 5.91 Å². The average Bonchev–Trinajstić information content (AvgIpc) is 3.80. The molecule has 1 aliphatic carbocycles. The minimum atomic E-state index is -0.311. The highest BCUT2D eigenvalue weighted by atomic mass is 16.5. The average molecular weight is 535 g/mol. The molecule has 2 aromatic carbocycles. The van der Waals surface area contributed by atoms with Crippen LogP contribution in [0.4, 0.5) is 11.4 Å². The molecule has 2 aliphatic heterocycles. The molecule has 3 atom stereocenters. The van der Waals surface area contributed by atoms with E-state index in [1.807, 2.05) is 60.4 Å². The van der Waals surface area contributed by atoms with Crippen LogP contribution in [0.3, 0.4) is 0 Å². The maximum atomic E-state index is 13.9. The van der Waals surface area contributed by atoms with Gasteiger partial charge in [0.1, 0.15) is 5.75 Å². The molecule has 2 fully saturated rings. The number of amides is 3. The maximum Gasteiger partial charge on any atom is 0.265 e. The fourth-order valence-electron chi connectivity index (χ4n) is 5.49. The summed E-state index contributed by atoms with van der Waals surface area (Å²) in [6.07, 6.45) is 3.08. The molecule has 9 heteroatoms. The molecule has 5 rings (SSSR count). The molecule has 0 bridgehead atoms.